The Balaban J connectivity index is 2.20. The fourth-order valence-corrected chi connectivity index (χ4v) is 1.81. The van der Waals surface area contributed by atoms with Gasteiger partial charge in [0.15, 0.2) is 0 Å². The Morgan fingerprint density at radius 1 is 1.33 bits per heavy atom. The minimum Gasteiger partial charge on any atom is -0.469 e. The SMILES string of the molecule is Cc1occc1C(=O)NCC(=O)NCCCC(C)(C)CO. The zero-order valence-corrected chi connectivity index (χ0v) is 12.9. The second-order valence-corrected chi connectivity index (χ2v) is 5.85. The van der Waals surface area contributed by atoms with Crippen LogP contribution in [0.3, 0.4) is 0 Å². The number of carbonyl (C=O) groups excluding carboxylic acids is 2. The molecule has 0 aliphatic rings. The molecule has 0 radical (unpaired) electrons. The summed E-state index contributed by atoms with van der Waals surface area (Å²) in [6.07, 6.45) is 3.05. The van der Waals surface area contributed by atoms with Crippen molar-refractivity contribution in [1.82, 2.24) is 10.6 Å². The molecule has 0 unspecified atom stereocenters. The molecule has 0 aromatic carbocycles. The maximum atomic E-state index is 11.8. The summed E-state index contributed by atoms with van der Waals surface area (Å²) in [5.41, 5.74) is 0.310. The van der Waals surface area contributed by atoms with Gasteiger partial charge in [0, 0.05) is 13.2 Å². The summed E-state index contributed by atoms with van der Waals surface area (Å²) < 4.78 is 5.03. The van der Waals surface area contributed by atoms with Crippen molar-refractivity contribution >= 4 is 11.8 Å². The largest absolute Gasteiger partial charge is 0.469 e. The van der Waals surface area contributed by atoms with Gasteiger partial charge in [-0.3, -0.25) is 9.59 Å². The molecular formula is C15H24N2O4. The number of aryl methyl sites for hydroxylation is 1. The molecule has 118 valence electrons. The summed E-state index contributed by atoms with van der Waals surface area (Å²) in [5.74, 6) is -0.0248. The van der Waals surface area contributed by atoms with Gasteiger partial charge in [-0.1, -0.05) is 13.8 Å². The average Bonchev–Trinajstić information content (AvgIpc) is 2.87. The maximum absolute atomic E-state index is 11.8. The van der Waals surface area contributed by atoms with Crippen molar-refractivity contribution < 1.29 is 19.1 Å². The van der Waals surface area contributed by atoms with E-state index in [1.165, 1.54) is 6.26 Å². The number of furan rings is 1. The van der Waals surface area contributed by atoms with Gasteiger partial charge in [0.25, 0.3) is 5.91 Å². The molecule has 0 fully saturated rings. The van der Waals surface area contributed by atoms with Crippen LogP contribution < -0.4 is 10.6 Å². The van der Waals surface area contributed by atoms with Crippen molar-refractivity contribution in [2.75, 3.05) is 19.7 Å². The molecular weight excluding hydrogens is 272 g/mol. The monoisotopic (exact) mass is 296 g/mol. The Morgan fingerprint density at radius 3 is 2.62 bits per heavy atom. The van der Waals surface area contributed by atoms with Gasteiger partial charge in [-0.05, 0) is 31.2 Å². The summed E-state index contributed by atoms with van der Waals surface area (Å²) in [6, 6.07) is 1.57. The Morgan fingerprint density at radius 2 is 2.05 bits per heavy atom. The lowest BCUT2D eigenvalue weighted by Gasteiger charge is -2.21. The normalized spacial score (nSPS) is 11.2. The van der Waals surface area contributed by atoms with Gasteiger partial charge < -0.3 is 20.2 Å². The third-order valence-electron chi connectivity index (χ3n) is 3.29. The summed E-state index contributed by atoms with van der Waals surface area (Å²) in [6.45, 7) is 6.24. The lowest BCUT2D eigenvalue weighted by Crippen LogP contribution is -2.37. The first kappa shape index (κ1) is 17.2. The van der Waals surface area contributed by atoms with E-state index in [0.717, 1.165) is 12.8 Å². The zero-order chi connectivity index (χ0) is 15.9. The standard InChI is InChI=1S/C15H24N2O4/c1-11-12(5-8-21-11)14(20)17-9-13(19)16-7-4-6-15(2,3)10-18/h5,8,18H,4,6-7,9-10H2,1-3H3,(H,16,19)(H,17,20). The van der Waals surface area contributed by atoms with Crippen molar-refractivity contribution in [3.05, 3.63) is 23.7 Å². The van der Waals surface area contributed by atoms with E-state index in [4.69, 9.17) is 9.52 Å². The highest BCUT2D eigenvalue weighted by Gasteiger charge is 2.16. The van der Waals surface area contributed by atoms with Crippen LogP contribution in [0.2, 0.25) is 0 Å². The van der Waals surface area contributed by atoms with E-state index >= 15 is 0 Å². The number of hydrogen-bond donors (Lipinski definition) is 3. The number of amides is 2. The van der Waals surface area contributed by atoms with Crippen LogP contribution in [0, 0.1) is 12.3 Å². The average molecular weight is 296 g/mol. The third-order valence-corrected chi connectivity index (χ3v) is 3.29. The van der Waals surface area contributed by atoms with Crippen LogP contribution in [0.1, 0.15) is 42.8 Å². The van der Waals surface area contributed by atoms with Crippen molar-refractivity contribution in [2.24, 2.45) is 5.41 Å². The highest BCUT2D eigenvalue weighted by molar-refractivity contribution is 5.97. The van der Waals surface area contributed by atoms with Crippen molar-refractivity contribution in [2.45, 2.75) is 33.6 Å². The molecule has 1 aromatic heterocycles. The summed E-state index contributed by atoms with van der Waals surface area (Å²) in [7, 11) is 0. The predicted octanol–water partition coefficient (Wildman–Crippen LogP) is 1.23. The van der Waals surface area contributed by atoms with Crippen LogP contribution in [-0.4, -0.2) is 36.6 Å². The van der Waals surface area contributed by atoms with E-state index in [1.54, 1.807) is 13.0 Å². The molecule has 0 atom stereocenters. The predicted molar refractivity (Wildman–Crippen MR) is 78.9 cm³/mol. The van der Waals surface area contributed by atoms with Crippen molar-refractivity contribution in [3.63, 3.8) is 0 Å². The lowest BCUT2D eigenvalue weighted by molar-refractivity contribution is -0.120. The molecule has 6 heteroatoms. The minimum absolute atomic E-state index is 0.0627. The fraction of sp³-hybridized carbons (Fsp3) is 0.600. The van der Waals surface area contributed by atoms with E-state index in [1.807, 2.05) is 13.8 Å². The van der Waals surface area contributed by atoms with Gasteiger partial charge in [0.2, 0.25) is 5.91 Å². The number of nitrogens with one attached hydrogen (secondary N) is 2. The molecule has 0 aliphatic carbocycles. The highest BCUT2D eigenvalue weighted by atomic mass is 16.3. The summed E-state index contributed by atoms with van der Waals surface area (Å²) >= 11 is 0. The smallest absolute Gasteiger partial charge is 0.255 e. The summed E-state index contributed by atoms with van der Waals surface area (Å²) in [4.78, 5) is 23.3. The second kappa shape index (κ2) is 7.83. The molecule has 1 aromatic rings. The van der Waals surface area contributed by atoms with Crippen LogP contribution in [0.15, 0.2) is 16.7 Å². The Hall–Kier alpha value is -1.82. The lowest BCUT2D eigenvalue weighted by atomic mass is 9.89. The number of rotatable bonds is 8. The van der Waals surface area contributed by atoms with Gasteiger partial charge in [-0.25, -0.2) is 0 Å². The number of hydrogen-bond acceptors (Lipinski definition) is 4. The van der Waals surface area contributed by atoms with E-state index in [0.29, 0.717) is 17.9 Å². The molecule has 1 rings (SSSR count). The van der Waals surface area contributed by atoms with Gasteiger partial charge in [0.1, 0.15) is 5.76 Å². The molecule has 0 saturated carbocycles. The molecule has 0 bridgehead atoms. The van der Waals surface area contributed by atoms with Crippen LogP contribution >= 0.6 is 0 Å². The van der Waals surface area contributed by atoms with Gasteiger partial charge in [-0.2, -0.15) is 0 Å². The van der Waals surface area contributed by atoms with E-state index in [-0.39, 0.29) is 30.4 Å². The zero-order valence-electron chi connectivity index (χ0n) is 12.9. The van der Waals surface area contributed by atoms with Crippen molar-refractivity contribution in [1.29, 1.82) is 0 Å². The van der Waals surface area contributed by atoms with Gasteiger partial charge in [-0.15, -0.1) is 0 Å². The molecule has 0 aliphatic heterocycles. The van der Waals surface area contributed by atoms with Crippen LogP contribution in [-0.2, 0) is 4.79 Å². The van der Waals surface area contributed by atoms with E-state index < -0.39 is 0 Å². The fourth-order valence-electron chi connectivity index (χ4n) is 1.81. The molecule has 2 amide bonds. The highest BCUT2D eigenvalue weighted by Crippen LogP contribution is 2.20. The number of aliphatic hydroxyl groups is 1. The number of carbonyl (C=O) groups is 2. The van der Waals surface area contributed by atoms with Crippen molar-refractivity contribution in [3.8, 4) is 0 Å². The first-order valence-electron chi connectivity index (χ1n) is 7.05. The molecule has 6 nitrogen and oxygen atoms in total. The molecule has 0 spiro atoms. The first-order valence-corrected chi connectivity index (χ1v) is 7.05. The van der Waals surface area contributed by atoms with Crippen LogP contribution in [0.25, 0.3) is 0 Å². The van der Waals surface area contributed by atoms with Crippen LogP contribution in [0.4, 0.5) is 0 Å². The molecule has 1 heterocycles. The third kappa shape index (κ3) is 5.99. The Labute approximate surface area is 124 Å². The first-order chi connectivity index (χ1) is 9.85. The maximum Gasteiger partial charge on any atom is 0.255 e. The molecule has 3 N–H and O–H groups in total. The molecule has 0 saturated heterocycles. The van der Waals surface area contributed by atoms with E-state index in [2.05, 4.69) is 10.6 Å². The Bertz CT molecular complexity index is 480. The van der Waals surface area contributed by atoms with Gasteiger partial charge in [0.05, 0.1) is 18.4 Å². The van der Waals surface area contributed by atoms with E-state index in [9.17, 15) is 9.59 Å². The molecule has 21 heavy (non-hydrogen) atoms. The Kier molecular flexibility index (Phi) is 6.42. The minimum atomic E-state index is -0.321. The quantitative estimate of drug-likeness (QED) is 0.629. The topological polar surface area (TPSA) is 91.6 Å². The second-order valence-electron chi connectivity index (χ2n) is 5.85. The number of aliphatic hydroxyl groups excluding tert-OH is 1. The van der Waals surface area contributed by atoms with Gasteiger partial charge >= 0.3 is 0 Å². The van der Waals surface area contributed by atoms with Crippen LogP contribution in [0.5, 0.6) is 0 Å². The summed E-state index contributed by atoms with van der Waals surface area (Å²) in [5, 5.41) is 14.4.